The van der Waals surface area contributed by atoms with Crippen molar-refractivity contribution in [3.63, 3.8) is 0 Å². The van der Waals surface area contributed by atoms with Crippen molar-refractivity contribution < 1.29 is 27.2 Å². The molecule has 8 heteroatoms. The fraction of sp³-hybridized carbons (Fsp3) is 0.103. The second-order valence-corrected chi connectivity index (χ2v) is 10.2. The highest BCUT2D eigenvalue weighted by molar-refractivity contribution is 7.93. The standard InChI is InChI=1S/C29H23NO6S/c1-3-35-29(32)27-19(2)36-26-16-14-23(18-25(26)27)30(28(31)21-10-5-4-6-11-21)37(33,34)24-15-13-20-9-7-8-12-22(20)17-24/h4-18H,3H2,1-2H3. The summed E-state index contributed by atoms with van der Waals surface area (Å²) in [5, 5.41) is 1.95. The van der Waals surface area contributed by atoms with E-state index in [0.29, 0.717) is 16.7 Å². The van der Waals surface area contributed by atoms with Crippen molar-refractivity contribution in [3.8, 4) is 0 Å². The summed E-state index contributed by atoms with van der Waals surface area (Å²) in [6.07, 6.45) is 0. The topological polar surface area (TPSA) is 93.9 Å². The summed E-state index contributed by atoms with van der Waals surface area (Å²) in [6.45, 7) is 3.49. The van der Waals surface area contributed by atoms with Crippen LogP contribution in [0.5, 0.6) is 0 Å². The minimum Gasteiger partial charge on any atom is -0.462 e. The summed E-state index contributed by atoms with van der Waals surface area (Å²) in [5.74, 6) is -0.982. The number of sulfonamides is 1. The van der Waals surface area contributed by atoms with Crippen molar-refractivity contribution >= 4 is 49.3 Å². The number of amides is 1. The molecule has 5 aromatic rings. The van der Waals surface area contributed by atoms with Crippen LogP contribution in [0.2, 0.25) is 0 Å². The average molecular weight is 514 g/mol. The van der Waals surface area contributed by atoms with E-state index < -0.39 is 21.9 Å². The van der Waals surface area contributed by atoms with Gasteiger partial charge in [-0.1, -0.05) is 48.5 Å². The summed E-state index contributed by atoms with van der Waals surface area (Å²) in [5.41, 5.74) is 0.829. The molecule has 0 aliphatic carbocycles. The predicted molar refractivity (Wildman–Crippen MR) is 141 cm³/mol. The summed E-state index contributed by atoms with van der Waals surface area (Å²) >= 11 is 0. The second kappa shape index (κ2) is 9.55. The Hall–Kier alpha value is -4.43. The number of esters is 1. The Morgan fingerprint density at radius 3 is 2.30 bits per heavy atom. The van der Waals surface area contributed by atoms with E-state index in [2.05, 4.69) is 0 Å². The molecule has 0 fully saturated rings. The van der Waals surface area contributed by atoms with Crippen molar-refractivity contribution in [2.24, 2.45) is 0 Å². The molecule has 5 rings (SSSR count). The molecule has 0 saturated carbocycles. The minimum atomic E-state index is -4.36. The van der Waals surface area contributed by atoms with Crippen molar-refractivity contribution in [2.45, 2.75) is 18.7 Å². The van der Waals surface area contributed by atoms with Crippen molar-refractivity contribution in [2.75, 3.05) is 10.9 Å². The van der Waals surface area contributed by atoms with Crippen molar-refractivity contribution in [3.05, 3.63) is 108 Å². The number of hydrogen-bond donors (Lipinski definition) is 0. The number of carbonyl (C=O) groups excluding carboxylic acids is 2. The molecule has 0 aliphatic heterocycles. The van der Waals surface area contributed by atoms with Crippen LogP contribution < -0.4 is 4.31 Å². The lowest BCUT2D eigenvalue weighted by molar-refractivity contribution is 0.0526. The molecule has 0 atom stereocenters. The van der Waals surface area contributed by atoms with Gasteiger partial charge in [0.2, 0.25) is 0 Å². The fourth-order valence-electron chi connectivity index (χ4n) is 4.29. The van der Waals surface area contributed by atoms with Gasteiger partial charge in [0.05, 0.1) is 17.2 Å². The van der Waals surface area contributed by atoms with Crippen LogP contribution in [0, 0.1) is 6.92 Å². The number of furan rings is 1. The van der Waals surface area contributed by atoms with Gasteiger partial charge >= 0.3 is 5.97 Å². The quantitative estimate of drug-likeness (QED) is 0.255. The summed E-state index contributed by atoms with van der Waals surface area (Å²) in [7, 11) is -4.36. The summed E-state index contributed by atoms with van der Waals surface area (Å²) in [6, 6.07) is 24.8. The molecular formula is C29H23NO6S. The molecule has 1 aromatic heterocycles. The molecule has 37 heavy (non-hydrogen) atoms. The SMILES string of the molecule is CCOC(=O)c1c(C)oc2ccc(N(C(=O)c3ccccc3)S(=O)(=O)c3ccc4ccccc4c3)cc12. The molecule has 1 heterocycles. The molecule has 4 aromatic carbocycles. The maximum absolute atomic E-state index is 14.0. The Balaban J connectivity index is 1.72. The van der Waals surface area contributed by atoms with E-state index in [9.17, 15) is 18.0 Å². The van der Waals surface area contributed by atoms with E-state index in [1.54, 1.807) is 62.4 Å². The molecule has 0 unspecified atom stereocenters. The van der Waals surface area contributed by atoms with Gasteiger partial charge in [0.25, 0.3) is 15.9 Å². The summed E-state index contributed by atoms with van der Waals surface area (Å²) < 4.78 is 39.7. The first-order valence-corrected chi connectivity index (χ1v) is 13.1. The zero-order valence-corrected chi connectivity index (χ0v) is 21.0. The van der Waals surface area contributed by atoms with Gasteiger partial charge in [-0.3, -0.25) is 4.79 Å². The zero-order valence-electron chi connectivity index (χ0n) is 20.2. The molecule has 186 valence electrons. The molecule has 0 bridgehead atoms. The number of benzene rings is 4. The number of carbonyl (C=O) groups is 2. The Bertz CT molecular complexity index is 1760. The van der Waals surface area contributed by atoms with Gasteiger partial charge in [-0.2, -0.15) is 4.31 Å². The van der Waals surface area contributed by atoms with Gasteiger partial charge in [0, 0.05) is 10.9 Å². The third kappa shape index (κ3) is 4.36. The number of nitrogens with zero attached hydrogens (tertiary/aromatic N) is 1. The van der Waals surface area contributed by atoms with Crippen molar-refractivity contribution in [1.82, 2.24) is 0 Å². The lowest BCUT2D eigenvalue weighted by Crippen LogP contribution is -2.37. The highest BCUT2D eigenvalue weighted by atomic mass is 32.2. The Morgan fingerprint density at radius 2 is 1.57 bits per heavy atom. The fourth-order valence-corrected chi connectivity index (χ4v) is 5.73. The van der Waals surface area contributed by atoms with E-state index in [1.165, 1.54) is 18.2 Å². The average Bonchev–Trinajstić information content (AvgIpc) is 3.24. The van der Waals surface area contributed by atoms with Gasteiger partial charge in [-0.25, -0.2) is 13.2 Å². The Morgan fingerprint density at radius 1 is 0.865 bits per heavy atom. The lowest BCUT2D eigenvalue weighted by atomic mass is 10.1. The van der Waals surface area contributed by atoms with Crippen LogP contribution in [0.1, 0.15) is 33.4 Å². The summed E-state index contributed by atoms with van der Waals surface area (Å²) in [4.78, 5) is 26.3. The van der Waals surface area contributed by atoms with Crippen LogP contribution in [0.15, 0.2) is 100 Å². The van der Waals surface area contributed by atoms with Crippen LogP contribution >= 0.6 is 0 Å². The highest BCUT2D eigenvalue weighted by Gasteiger charge is 2.33. The third-order valence-corrected chi connectivity index (χ3v) is 7.73. The van der Waals surface area contributed by atoms with Gasteiger partial charge in [-0.05, 0) is 67.1 Å². The van der Waals surface area contributed by atoms with Crippen LogP contribution in [-0.2, 0) is 14.8 Å². The van der Waals surface area contributed by atoms with Gasteiger partial charge < -0.3 is 9.15 Å². The lowest BCUT2D eigenvalue weighted by Gasteiger charge is -2.23. The number of fused-ring (bicyclic) bond motifs is 2. The van der Waals surface area contributed by atoms with E-state index >= 15 is 0 Å². The van der Waals surface area contributed by atoms with Crippen LogP contribution in [0.25, 0.3) is 21.7 Å². The van der Waals surface area contributed by atoms with Crippen LogP contribution in [-0.4, -0.2) is 26.9 Å². The largest absolute Gasteiger partial charge is 0.462 e. The number of rotatable bonds is 6. The first kappa shape index (κ1) is 24.3. The number of aryl methyl sites for hydroxylation is 1. The predicted octanol–water partition coefficient (Wildman–Crippen LogP) is 6.11. The van der Waals surface area contributed by atoms with E-state index in [4.69, 9.17) is 9.15 Å². The molecule has 1 amide bonds. The highest BCUT2D eigenvalue weighted by Crippen LogP contribution is 2.34. The Labute approximate surface area is 213 Å². The number of ether oxygens (including phenoxy) is 1. The molecular weight excluding hydrogens is 490 g/mol. The second-order valence-electron chi connectivity index (χ2n) is 8.38. The molecule has 7 nitrogen and oxygen atoms in total. The maximum Gasteiger partial charge on any atom is 0.342 e. The van der Waals surface area contributed by atoms with Gasteiger partial charge in [0.15, 0.2) is 0 Å². The van der Waals surface area contributed by atoms with Crippen molar-refractivity contribution in [1.29, 1.82) is 0 Å². The normalized spacial score (nSPS) is 11.5. The monoisotopic (exact) mass is 513 g/mol. The first-order valence-electron chi connectivity index (χ1n) is 11.6. The molecule has 0 N–H and O–H groups in total. The smallest absolute Gasteiger partial charge is 0.342 e. The molecule has 0 aliphatic rings. The minimum absolute atomic E-state index is 0.0374. The Kier molecular flexibility index (Phi) is 6.27. The van der Waals surface area contributed by atoms with E-state index in [1.807, 2.05) is 24.3 Å². The van der Waals surface area contributed by atoms with E-state index in [0.717, 1.165) is 15.1 Å². The molecule has 0 saturated heterocycles. The third-order valence-electron chi connectivity index (χ3n) is 6.03. The maximum atomic E-state index is 14.0. The first-order chi connectivity index (χ1) is 17.8. The van der Waals surface area contributed by atoms with Crippen LogP contribution in [0.3, 0.4) is 0 Å². The number of anilines is 1. The van der Waals surface area contributed by atoms with Gasteiger partial charge in [0.1, 0.15) is 16.9 Å². The van der Waals surface area contributed by atoms with E-state index in [-0.39, 0.29) is 28.3 Å². The number of hydrogen-bond acceptors (Lipinski definition) is 6. The van der Waals surface area contributed by atoms with Gasteiger partial charge in [-0.15, -0.1) is 0 Å². The molecule has 0 spiro atoms. The molecule has 0 radical (unpaired) electrons. The zero-order chi connectivity index (χ0) is 26.2. The van der Waals surface area contributed by atoms with Crippen LogP contribution in [0.4, 0.5) is 5.69 Å².